The van der Waals surface area contributed by atoms with Crippen molar-refractivity contribution in [3.63, 3.8) is 0 Å². The van der Waals surface area contributed by atoms with Gasteiger partial charge in [-0.15, -0.1) is 0 Å². The van der Waals surface area contributed by atoms with Crippen LogP contribution in [0.3, 0.4) is 0 Å². The van der Waals surface area contributed by atoms with E-state index in [0.717, 1.165) is 4.68 Å². The fourth-order valence-corrected chi connectivity index (χ4v) is 3.56. The monoisotopic (exact) mass is 350 g/mol. The number of nitrogens with zero attached hydrogens (tertiary/aromatic N) is 5. The molecule has 2 aromatic heterocycles. The van der Waals surface area contributed by atoms with E-state index in [1.807, 2.05) is 0 Å². The number of piperazine rings is 1. The Hall–Kier alpha value is -2.78. The van der Waals surface area contributed by atoms with E-state index in [-0.39, 0.29) is 29.6 Å². The second-order valence-electron chi connectivity index (χ2n) is 6.24. The van der Waals surface area contributed by atoms with Crippen LogP contribution in [0.2, 0.25) is 0 Å². The van der Waals surface area contributed by atoms with E-state index in [0.29, 0.717) is 25.2 Å². The molecule has 4 heterocycles. The van der Waals surface area contributed by atoms with Crippen LogP contribution in [0, 0.1) is 0 Å². The lowest BCUT2D eigenvalue weighted by Gasteiger charge is -2.33. The van der Waals surface area contributed by atoms with Crippen LogP contribution in [0.5, 0.6) is 0 Å². The second kappa shape index (κ2) is 5.94. The van der Waals surface area contributed by atoms with Gasteiger partial charge in [0.05, 0.1) is 24.6 Å². The van der Waals surface area contributed by atoms with Crippen molar-refractivity contribution in [1.82, 2.24) is 29.5 Å². The van der Waals surface area contributed by atoms with Gasteiger partial charge >= 0.3 is 0 Å². The number of aromatic nitrogens is 4. The quantitative estimate of drug-likeness (QED) is 0.875. The van der Waals surface area contributed by atoms with Crippen molar-refractivity contribution in [2.24, 2.45) is 0 Å². The minimum atomic E-state index is -2.52. The number of H-pyrrole nitrogens is 1. The largest absolute Gasteiger partial charge is 0.341 e. The maximum Gasteiger partial charge on any atom is 0.274 e. The first-order valence-corrected chi connectivity index (χ1v) is 7.95. The minimum absolute atomic E-state index is 0.0482. The van der Waals surface area contributed by atoms with Crippen LogP contribution >= 0.6 is 0 Å². The van der Waals surface area contributed by atoms with Crippen LogP contribution in [-0.4, -0.2) is 73.0 Å². The molecule has 2 saturated heterocycles. The molecule has 10 heteroatoms. The fourth-order valence-electron chi connectivity index (χ4n) is 3.56. The van der Waals surface area contributed by atoms with E-state index in [1.54, 1.807) is 9.80 Å². The number of carbonyl (C=O) groups is 2. The maximum atomic E-state index is 12.6. The van der Waals surface area contributed by atoms with Gasteiger partial charge in [0, 0.05) is 19.3 Å². The topological polar surface area (TPSA) is 87.1 Å². The highest BCUT2D eigenvalue weighted by molar-refractivity contribution is 5.95. The summed E-state index contributed by atoms with van der Waals surface area (Å²) in [6.07, 6.45) is 2.50. The van der Waals surface area contributed by atoms with Gasteiger partial charge in [0.25, 0.3) is 18.2 Å². The van der Waals surface area contributed by atoms with E-state index < -0.39 is 13.0 Å². The van der Waals surface area contributed by atoms with Crippen LogP contribution in [-0.2, 0) is 6.54 Å². The van der Waals surface area contributed by atoms with E-state index in [1.165, 1.54) is 24.8 Å². The number of fused-ring (bicyclic) bond motifs is 2. The second-order valence-corrected chi connectivity index (χ2v) is 6.24. The molecular formula is C15H16F2N6O2. The molecule has 4 rings (SSSR count). The molecule has 2 atom stereocenters. The molecule has 1 N–H and O–H groups in total. The summed E-state index contributed by atoms with van der Waals surface area (Å²) in [5.74, 6) is -0.410. The summed E-state index contributed by atoms with van der Waals surface area (Å²) in [6.45, 7) is 0.336. The molecule has 2 bridgehead atoms. The van der Waals surface area contributed by atoms with Gasteiger partial charge in [-0.2, -0.15) is 5.10 Å². The van der Waals surface area contributed by atoms with Crippen LogP contribution in [0.1, 0.15) is 27.4 Å². The highest BCUT2D eigenvalue weighted by Crippen LogP contribution is 2.32. The van der Waals surface area contributed by atoms with Gasteiger partial charge in [-0.1, -0.05) is 0 Å². The Balaban J connectivity index is 1.43. The normalized spacial score (nSPS) is 22.2. The first kappa shape index (κ1) is 15.7. The number of halogens is 2. The molecular weight excluding hydrogens is 334 g/mol. The molecule has 8 nitrogen and oxygen atoms in total. The molecule has 0 spiro atoms. The van der Waals surface area contributed by atoms with Crippen molar-refractivity contribution in [3.8, 4) is 0 Å². The molecule has 0 radical (unpaired) electrons. The zero-order valence-electron chi connectivity index (χ0n) is 13.2. The zero-order valence-corrected chi connectivity index (χ0v) is 13.2. The van der Waals surface area contributed by atoms with Crippen LogP contribution in [0.15, 0.2) is 24.8 Å². The molecule has 25 heavy (non-hydrogen) atoms. The van der Waals surface area contributed by atoms with Crippen molar-refractivity contribution in [2.45, 2.75) is 31.5 Å². The molecule has 2 amide bonds. The molecule has 2 fully saturated rings. The molecule has 2 aliphatic heterocycles. The molecule has 132 valence electrons. The average molecular weight is 350 g/mol. The van der Waals surface area contributed by atoms with Gasteiger partial charge in [0.15, 0.2) is 0 Å². The van der Waals surface area contributed by atoms with Crippen molar-refractivity contribution in [1.29, 1.82) is 0 Å². The summed E-state index contributed by atoms with van der Waals surface area (Å²) in [5, 5.41) is 3.92. The van der Waals surface area contributed by atoms with E-state index >= 15 is 0 Å². The Labute approximate surface area is 141 Å². The molecule has 2 aromatic rings. The molecule has 0 saturated carbocycles. The van der Waals surface area contributed by atoms with Crippen molar-refractivity contribution in [3.05, 3.63) is 36.2 Å². The molecule has 0 aromatic carbocycles. The molecule has 0 aliphatic carbocycles. The number of imidazole rings is 1. The molecule has 0 unspecified atom stereocenters. The van der Waals surface area contributed by atoms with Crippen LogP contribution in [0.25, 0.3) is 0 Å². The standard InChI is InChI=1S/C15H16F2N6O2/c16-13(17)7-21-2-1-11(20-21)14(24)22-5-10-3-9(22)6-23(10)15(25)12-4-18-8-19-12/h1-2,4,8-10,13H,3,5-7H2,(H,18,19)/t9-,10-/m0/s1. The Kier molecular flexibility index (Phi) is 3.74. The van der Waals surface area contributed by atoms with Gasteiger partial charge in [0.2, 0.25) is 0 Å². The van der Waals surface area contributed by atoms with Crippen molar-refractivity contribution >= 4 is 11.8 Å². The number of nitrogens with one attached hydrogen (secondary N) is 1. The first-order chi connectivity index (χ1) is 12.0. The van der Waals surface area contributed by atoms with Gasteiger partial charge in [0.1, 0.15) is 17.9 Å². The number of amides is 2. The Morgan fingerprint density at radius 2 is 1.96 bits per heavy atom. The Morgan fingerprint density at radius 1 is 1.24 bits per heavy atom. The SMILES string of the molecule is O=C(c1ccn(CC(F)F)n1)N1C[C@@H]2C[C@H]1CN2C(=O)c1cnc[nH]1. The number of hydrogen-bond donors (Lipinski definition) is 1. The van der Waals surface area contributed by atoms with Crippen molar-refractivity contribution in [2.75, 3.05) is 13.1 Å². The highest BCUT2D eigenvalue weighted by Gasteiger charge is 2.47. The summed E-state index contributed by atoms with van der Waals surface area (Å²) in [4.78, 5) is 35.1. The van der Waals surface area contributed by atoms with Crippen LogP contribution in [0.4, 0.5) is 8.78 Å². The third-order valence-corrected chi connectivity index (χ3v) is 4.68. The average Bonchev–Trinajstić information content (AvgIpc) is 3.34. The van der Waals surface area contributed by atoms with Crippen molar-refractivity contribution < 1.29 is 18.4 Å². The summed E-state index contributed by atoms with van der Waals surface area (Å²) < 4.78 is 25.8. The van der Waals surface area contributed by atoms with Crippen LogP contribution < -0.4 is 0 Å². The summed E-state index contributed by atoms with van der Waals surface area (Å²) >= 11 is 0. The first-order valence-electron chi connectivity index (χ1n) is 7.95. The summed E-state index contributed by atoms with van der Waals surface area (Å²) in [5.41, 5.74) is 0.579. The van der Waals surface area contributed by atoms with E-state index in [9.17, 15) is 18.4 Å². The van der Waals surface area contributed by atoms with E-state index in [2.05, 4.69) is 15.1 Å². The van der Waals surface area contributed by atoms with Gasteiger partial charge in [-0.25, -0.2) is 13.8 Å². The minimum Gasteiger partial charge on any atom is -0.341 e. The predicted molar refractivity (Wildman–Crippen MR) is 81.1 cm³/mol. The summed E-state index contributed by atoms with van der Waals surface area (Å²) in [6, 6.07) is 1.32. The number of rotatable bonds is 4. The van der Waals surface area contributed by atoms with Gasteiger partial charge < -0.3 is 14.8 Å². The predicted octanol–water partition coefficient (Wildman–Crippen LogP) is 0.610. The lowest BCUT2D eigenvalue weighted by atomic mass is 10.2. The Bertz CT molecular complexity index is 790. The maximum absolute atomic E-state index is 12.6. The number of alkyl halides is 2. The number of carbonyl (C=O) groups excluding carboxylic acids is 2. The van der Waals surface area contributed by atoms with E-state index in [4.69, 9.17) is 0 Å². The fraction of sp³-hybridized carbons (Fsp3) is 0.467. The van der Waals surface area contributed by atoms with Gasteiger partial charge in [-0.05, 0) is 12.5 Å². The third-order valence-electron chi connectivity index (χ3n) is 4.68. The number of likely N-dealkylation sites (tertiary alicyclic amines) is 2. The number of aromatic amines is 1. The summed E-state index contributed by atoms with van der Waals surface area (Å²) in [7, 11) is 0. The third kappa shape index (κ3) is 2.77. The van der Waals surface area contributed by atoms with Gasteiger partial charge in [-0.3, -0.25) is 14.3 Å². The molecule has 2 aliphatic rings. The smallest absolute Gasteiger partial charge is 0.274 e. The lowest BCUT2D eigenvalue weighted by molar-refractivity contribution is 0.0519. The lowest BCUT2D eigenvalue weighted by Crippen LogP contribution is -2.50. The Morgan fingerprint density at radius 3 is 2.56 bits per heavy atom. The zero-order chi connectivity index (χ0) is 17.6. The highest BCUT2D eigenvalue weighted by atomic mass is 19.3. The number of hydrogen-bond acceptors (Lipinski definition) is 4.